The molecule has 3 aromatic rings. The Morgan fingerprint density at radius 2 is 1.89 bits per heavy atom. The number of halogens is 2. The zero-order chi connectivity index (χ0) is 32.4. The normalized spacial score (nSPS) is 20.6. The van der Waals surface area contributed by atoms with Crippen LogP contribution in [-0.2, 0) is 13.0 Å². The summed E-state index contributed by atoms with van der Waals surface area (Å²) in [6.07, 6.45) is 8.31. The molecule has 11 heteroatoms. The largest absolute Gasteiger partial charge is 0.508 e. The van der Waals surface area contributed by atoms with Crippen molar-refractivity contribution in [1.82, 2.24) is 14.9 Å². The first-order valence-electron chi connectivity index (χ1n) is 16.4. The summed E-state index contributed by atoms with van der Waals surface area (Å²) in [5, 5.41) is 21.4. The number of carbonyl (C=O) groups excluding carboxylic acids is 1. The van der Waals surface area contributed by atoms with Crippen LogP contribution in [0.5, 0.6) is 11.8 Å². The van der Waals surface area contributed by atoms with Crippen LogP contribution in [0.2, 0.25) is 0 Å². The minimum absolute atomic E-state index is 0.00375. The number of anilines is 2. The van der Waals surface area contributed by atoms with Gasteiger partial charge in [-0.15, -0.1) is 0 Å². The number of nitrogens with zero attached hydrogens (tertiary/aromatic N) is 6. The van der Waals surface area contributed by atoms with Crippen molar-refractivity contribution in [2.75, 3.05) is 49.8 Å². The molecule has 7 rings (SSSR count). The van der Waals surface area contributed by atoms with Crippen molar-refractivity contribution in [3.8, 4) is 17.8 Å². The number of amides is 1. The average molecular weight is 633 g/mol. The highest BCUT2D eigenvalue weighted by atomic mass is 19.1. The fourth-order valence-corrected chi connectivity index (χ4v) is 8.06. The Labute approximate surface area is 268 Å². The first-order valence-corrected chi connectivity index (χ1v) is 16.4. The van der Waals surface area contributed by atoms with Gasteiger partial charge in [0, 0.05) is 31.0 Å². The van der Waals surface area contributed by atoms with Crippen LogP contribution in [0.4, 0.5) is 20.3 Å². The lowest BCUT2D eigenvalue weighted by atomic mass is 9.95. The summed E-state index contributed by atoms with van der Waals surface area (Å²) < 4.78 is 30.9. The number of benzene rings is 2. The number of hydrogen-bond acceptors (Lipinski definition) is 8. The third-order valence-corrected chi connectivity index (χ3v) is 10.2. The standard InChI is InChI=1S/C34H39FN6O3.CH3F/c1-2-25-26(35)9-8-23-17-24(42)18-28(29(23)25)41-20-27-30(32(41)43)31(39-14-4-3-7-22(19-39)10-13-36)38-33(37-27)44-21-34-11-5-15-40(34)16-6-12-34;1-2/h8-9,17-18,22,42H,2-7,10-12,14-16,19-21H2,1H3;1H3. The molecule has 0 radical (unpaired) electrons. The van der Waals surface area contributed by atoms with Crippen LogP contribution in [0.1, 0.15) is 79.9 Å². The van der Waals surface area contributed by atoms with Crippen LogP contribution in [-0.4, -0.2) is 71.4 Å². The van der Waals surface area contributed by atoms with Crippen LogP contribution in [0, 0.1) is 23.1 Å². The van der Waals surface area contributed by atoms with E-state index in [1.54, 1.807) is 17.0 Å². The fourth-order valence-electron chi connectivity index (χ4n) is 8.06. The number of rotatable bonds is 7. The number of carbonyl (C=O) groups is 1. The van der Waals surface area contributed by atoms with Gasteiger partial charge in [0.15, 0.2) is 0 Å². The molecule has 244 valence electrons. The SMILES string of the molecule is CCc1c(F)ccc2cc(O)cc(N3Cc4nc(OCC56CCCN5CCC6)nc(N5CCCCC(CC#N)C5)c4C3=O)c12.CF. The van der Waals surface area contributed by atoms with Crippen molar-refractivity contribution in [2.45, 2.75) is 76.8 Å². The number of phenolic OH excluding ortho intramolecular Hbond substituents is 1. The van der Waals surface area contributed by atoms with Crippen LogP contribution >= 0.6 is 0 Å². The van der Waals surface area contributed by atoms with E-state index in [1.165, 1.54) is 12.1 Å². The molecule has 46 heavy (non-hydrogen) atoms. The Kier molecular flexibility index (Phi) is 9.27. The number of ether oxygens (including phenoxy) is 1. The highest BCUT2D eigenvalue weighted by molar-refractivity contribution is 6.16. The molecule has 0 bridgehead atoms. The molecule has 3 saturated heterocycles. The van der Waals surface area contributed by atoms with Crippen molar-refractivity contribution in [1.29, 1.82) is 5.26 Å². The second kappa shape index (κ2) is 13.4. The Morgan fingerprint density at radius 3 is 2.63 bits per heavy atom. The van der Waals surface area contributed by atoms with Crippen LogP contribution in [0.25, 0.3) is 10.8 Å². The third kappa shape index (κ3) is 5.72. The highest BCUT2D eigenvalue weighted by Crippen LogP contribution is 2.42. The number of alkyl halides is 1. The molecule has 1 amide bonds. The Hall–Kier alpha value is -4.04. The minimum atomic E-state index is -0.340. The number of nitriles is 1. The molecular formula is C35H42F2N6O3. The van der Waals surface area contributed by atoms with E-state index in [4.69, 9.17) is 14.7 Å². The highest BCUT2D eigenvalue weighted by Gasteiger charge is 2.45. The smallest absolute Gasteiger partial charge is 0.318 e. The summed E-state index contributed by atoms with van der Waals surface area (Å²) in [6, 6.07) is 8.78. The molecule has 1 unspecified atom stereocenters. The number of aromatic nitrogens is 2. The topological polar surface area (TPSA) is 106 Å². The van der Waals surface area contributed by atoms with E-state index in [0.717, 1.165) is 64.6 Å². The molecular weight excluding hydrogens is 590 g/mol. The summed E-state index contributed by atoms with van der Waals surface area (Å²) in [5.74, 6) is 0.106. The lowest BCUT2D eigenvalue weighted by Gasteiger charge is -2.31. The number of phenols is 1. The lowest BCUT2D eigenvalue weighted by molar-refractivity contribution is 0.0996. The third-order valence-electron chi connectivity index (χ3n) is 10.2. The van der Waals surface area contributed by atoms with Crippen LogP contribution < -0.4 is 14.5 Å². The predicted octanol–water partition coefficient (Wildman–Crippen LogP) is 6.31. The van der Waals surface area contributed by atoms with E-state index in [0.29, 0.717) is 72.3 Å². The molecule has 4 aliphatic rings. The molecule has 4 aliphatic heterocycles. The fraction of sp³-hybridized carbons (Fsp3) is 0.543. The quantitative estimate of drug-likeness (QED) is 0.323. The van der Waals surface area contributed by atoms with Crippen LogP contribution in [0.3, 0.4) is 0 Å². The summed E-state index contributed by atoms with van der Waals surface area (Å²) >= 11 is 0. The van der Waals surface area contributed by atoms with Gasteiger partial charge in [0.1, 0.15) is 29.6 Å². The minimum Gasteiger partial charge on any atom is -0.508 e. The molecule has 1 atom stereocenters. The summed E-state index contributed by atoms with van der Waals surface area (Å²) in [6.45, 7) is 6.08. The van der Waals surface area contributed by atoms with Crippen molar-refractivity contribution in [3.05, 3.63) is 46.9 Å². The summed E-state index contributed by atoms with van der Waals surface area (Å²) in [4.78, 5) is 30.4. The van der Waals surface area contributed by atoms with E-state index in [-0.39, 0.29) is 41.5 Å². The van der Waals surface area contributed by atoms with Gasteiger partial charge in [0.05, 0.1) is 36.7 Å². The molecule has 2 aromatic carbocycles. The van der Waals surface area contributed by atoms with E-state index >= 15 is 4.39 Å². The number of fused-ring (bicyclic) bond motifs is 3. The van der Waals surface area contributed by atoms with E-state index < -0.39 is 0 Å². The van der Waals surface area contributed by atoms with E-state index in [1.807, 2.05) is 6.92 Å². The van der Waals surface area contributed by atoms with E-state index in [9.17, 15) is 19.6 Å². The van der Waals surface area contributed by atoms with Gasteiger partial charge in [-0.25, -0.2) is 4.39 Å². The molecule has 0 spiro atoms. The van der Waals surface area contributed by atoms with Gasteiger partial charge in [-0.2, -0.15) is 15.2 Å². The number of hydrogen-bond donors (Lipinski definition) is 1. The number of aromatic hydroxyl groups is 1. The second-order valence-corrected chi connectivity index (χ2v) is 12.9. The summed E-state index contributed by atoms with van der Waals surface area (Å²) in [7, 11) is 0.500. The first kappa shape index (κ1) is 31.9. The van der Waals surface area contributed by atoms with Crippen molar-refractivity contribution in [3.63, 3.8) is 0 Å². The maximum Gasteiger partial charge on any atom is 0.318 e. The molecule has 0 saturated carbocycles. The Bertz CT molecular complexity index is 1650. The van der Waals surface area contributed by atoms with E-state index in [2.05, 4.69) is 15.9 Å². The maximum atomic E-state index is 15.0. The molecule has 5 heterocycles. The van der Waals surface area contributed by atoms with Crippen LogP contribution in [0.15, 0.2) is 24.3 Å². The predicted molar refractivity (Wildman–Crippen MR) is 173 cm³/mol. The van der Waals surface area contributed by atoms with Gasteiger partial charge in [0.25, 0.3) is 5.91 Å². The van der Waals surface area contributed by atoms with Gasteiger partial charge >= 0.3 is 6.01 Å². The van der Waals surface area contributed by atoms with Crippen molar-refractivity contribution < 1.29 is 23.4 Å². The van der Waals surface area contributed by atoms with Gasteiger partial charge in [-0.05, 0) is 87.0 Å². The molecule has 0 aliphatic carbocycles. The zero-order valence-electron chi connectivity index (χ0n) is 26.7. The molecule has 3 fully saturated rings. The van der Waals surface area contributed by atoms with Gasteiger partial charge < -0.3 is 19.6 Å². The van der Waals surface area contributed by atoms with Gasteiger partial charge in [-0.3, -0.25) is 14.1 Å². The van der Waals surface area contributed by atoms with Crippen molar-refractivity contribution >= 4 is 28.2 Å². The Balaban J connectivity index is 0.00000182. The monoisotopic (exact) mass is 632 g/mol. The maximum absolute atomic E-state index is 15.0. The molecule has 1 N–H and O–H groups in total. The van der Waals surface area contributed by atoms with Gasteiger partial charge in [-0.1, -0.05) is 19.4 Å². The van der Waals surface area contributed by atoms with Gasteiger partial charge in [0.2, 0.25) is 0 Å². The Morgan fingerprint density at radius 1 is 1.11 bits per heavy atom. The summed E-state index contributed by atoms with van der Waals surface area (Å²) in [5.41, 5.74) is 1.96. The molecule has 1 aromatic heterocycles. The average Bonchev–Trinajstić information content (AvgIpc) is 3.68. The zero-order valence-corrected chi connectivity index (χ0v) is 26.7. The van der Waals surface area contributed by atoms with Crippen molar-refractivity contribution in [2.24, 2.45) is 5.92 Å². The first-order chi connectivity index (χ1) is 22.4. The number of aryl methyl sites for hydroxylation is 1. The lowest BCUT2D eigenvalue weighted by Crippen LogP contribution is -2.43. The second-order valence-electron chi connectivity index (χ2n) is 12.9. The molecule has 9 nitrogen and oxygen atoms in total.